The molecule has 0 aromatic carbocycles. The van der Waals surface area contributed by atoms with E-state index in [4.69, 9.17) is 0 Å². The van der Waals surface area contributed by atoms with Crippen LogP contribution < -0.4 is 5.32 Å². The van der Waals surface area contributed by atoms with Crippen molar-refractivity contribution in [2.45, 2.75) is 32.4 Å². The molecule has 1 aliphatic heterocycles. The molecule has 1 saturated heterocycles. The van der Waals surface area contributed by atoms with E-state index in [0.717, 1.165) is 24.6 Å². The number of aromatic nitrogens is 2. The number of hydrogen-bond donors (Lipinski definition) is 1. The number of imidazole rings is 1. The summed E-state index contributed by atoms with van der Waals surface area (Å²) in [6.45, 7) is 6.54. The number of likely N-dealkylation sites (tertiary alicyclic amines) is 1. The molecule has 0 radical (unpaired) electrons. The Balaban J connectivity index is 1.65. The summed E-state index contributed by atoms with van der Waals surface area (Å²) in [6.07, 6.45) is 6.87. The average molecular weight is 264 g/mol. The first-order chi connectivity index (χ1) is 8.86. The predicted octanol–water partition coefficient (Wildman–Crippen LogP) is 1.97. The third-order valence-electron chi connectivity index (χ3n) is 3.64. The molecule has 0 bridgehead atoms. The van der Waals surface area contributed by atoms with E-state index in [0.29, 0.717) is 6.04 Å². The molecule has 1 fully saturated rings. The Kier molecular flexibility index (Phi) is 3.63. The van der Waals surface area contributed by atoms with Crippen molar-refractivity contribution in [3.8, 4) is 0 Å². The average Bonchev–Trinajstić information content (AvgIpc) is 3.02. The molecule has 1 N–H and O–H groups in total. The molecule has 3 heterocycles. The number of hydrogen-bond acceptors (Lipinski definition) is 4. The van der Waals surface area contributed by atoms with Crippen LogP contribution in [-0.2, 0) is 6.54 Å². The van der Waals surface area contributed by atoms with Gasteiger partial charge in [0.2, 0.25) is 0 Å². The van der Waals surface area contributed by atoms with Crippen LogP contribution in [-0.4, -0.2) is 40.0 Å². The summed E-state index contributed by atoms with van der Waals surface area (Å²) in [5.41, 5.74) is 1.20. The van der Waals surface area contributed by atoms with Gasteiger partial charge < -0.3 is 5.32 Å². The topological polar surface area (TPSA) is 32.6 Å². The minimum Gasteiger partial charge on any atom is -0.315 e. The summed E-state index contributed by atoms with van der Waals surface area (Å²) in [5, 5.41) is 5.54. The molecule has 1 atom stereocenters. The van der Waals surface area contributed by atoms with Crippen LogP contribution in [0.4, 0.5) is 0 Å². The Morgan fingerprint density at radius 1 is 1.56 bits per heavy atom. The van der Waals surface area contributed by atoms with Crippen molar-refractivity contribution in [2.75, 3.05) is 19.6 Å². The third kappa shape index (κ3) is 2.43. The number of thiazole rings is 1. The van der Waals surface area contributed by atoms with Gasteiger partial charge >= 0.3 is 0 Å². The summed E-state index contributed by atoms with van der Waals surface area (Å²) < 4.78 is 2.12. The quantitative estimate of drug-likeness (QED) is 0.896. The zero-order valence-corrected chi connectivity index (χ0v) is 11.6. The Bertz CT molecular complexity index is 475. The van der Waals surface area contributed by atoms with Crippen molar-refractivity contribution in [1.29, 1.82) is 0 Å². The van der Waals surface area contributed by atoms with Crippen molar-refractivity contribution in [2.24, 2.45) is 0 Å². The van der Waals surface area contributed by atoms with Crippen LogP contribution in [0.1, 0.15) is 25.5 Å². The van der Waals surface area contributed by atoms with Gasteiger partial charge in [-0.2, -0.15) is 0 Å². The molecule has 5 heteroatoms. The first-order valence-electron chi connectivity index (χ1n) is 6.72. The van der Waals surface area contributed by atoms with Crippen LogP contribution in [0.15, 0.2) is 17.8 Å². The van der Waals surface area contributed by atoms with Crippen LogP contribution in [0.2, 0.25) is 0 Å². The van der Waals surface area contributed by atoms with Gasteiger partial charge in [0.05, 0.1) is 5.69 Å². The maximum Gasteiger partial charge on any atom is 0.193 e. The van der Waals surface area contributed by atoms with E-state index in [-0.39, 0.29) is 0 Å². The zero-order valence-electron chi connectivity index (χ0n) is 10.8. The second kappa shape index (κ2) is 5.38. The molecule has 1 aliphatic rings. The lowest BCUT2D eigenvalue weighted by atomic mass is 10.2. The van der Waals surface area contributed by atoms with Crippen LogP contribution >= 0.6 is 11.3 Å². The highest BCUT2D eigenvalue weighted by atomic mass is 32.1. The number of nitrogens with one attached hydrogen (secondary N) is 1. The molecular formula is C13H20N4S. The molecule has 1 unspecified atom stereocenters. The standard InChI is InChI=1S/C13H20N4S/c1-2-14-8-12-4-3-5-16(12)9-11-10-17-6-7-18-13(17)15-11/h6-7,10,12,14H,2-5,8-9H2,1H3. The summed E-state index contributed by atoms with van der Waals surface area (Å²) in [7, 11) is 0. The summed E-state index contributed by atoms with van der Waals surface area (Å²) >= 11 is 1.70. The molecule has 4 nitrogen and oxygen atoms in total. The van der Waals surface area contributed by atoms with Gasteiger partial charge in [-0.1, -0.05) is 6.92 Å². The Morgan fingerprint density at radius 3 is 3.33 bits per heavy atom. The largest absolute Gasteiger partial charge is 0.315 e. The SMILES string of the molecule is CCNCC1CCCN1Cc1cn2ccsc2n1. The van der Waals surface area contributed by atoms with Gasteiger partial charge in [0.15, 0.2) is 4.96 Å². The van der Waals surface area contributed by atoms with E-state index in [2.05, 4.69) is 44.3 Å². The van der Waals surface area contributed by atoms with Gasteiger partial charge in [-0.05, 0) is 25.9 Å². The van der Waals surface area contributed by atoms with E-state index >= 15 is 0 Å². The first kappa shape index (κ1) is 12.1. The Hall–Kier alpha value is -0.910. The van der Waals surface area contributed by atoms with Gasteiger partial charge in [0, 0.05) is 36.9 Å². The van der Waals surface area contributed by atoms with E-state index in [1.165, 1.54) is 25.1 Å². The monoisotopic (exact) mass is 264 g/mol. The fourth-order valence-corrected chi connectivity index (χ4v) is 3.42. The lowest BCUT2D eigenvalue weighted by molar-refractivity contribution is 0.238. The highest BCUT2D eigenvalue weighted by Crippen LogP contribution is 2.20. The van der Waals surface area contributed by atoms with Gasteiger partial charge in [-0.15, -0.1) is 11.3 Å². The minimum absolute atomic E-state index is 0.685. The number of nitrogens with zero attached hydrogens (tertiary/aromatic N) is 3. The highest BCUT2D eigenvalue weighted by Gasteiger charge is 2.24. The molecule has 0 amide bonds. The fourth-order valence-electron chi connectivity index (χ4n) is 2.71. The first-order valence-corrected chi connectivity index (χ1v) is 7.60. The van der Waals surface area contributed by atoms with Gasteiger partial charge in [0.1, 0.15) is 0 Å². The van der Waals surface area contributed by atoms with Crippen molar-refractivity contribution in [3.63, 3.8) is 0 Å². The normalized spacial score (nSPS) is 21.1. The molecule has 2 aromatic heterocycles. The van der Waals surface area contributed by atoms with Gasteiger partial charge in [-0.3, -0.25) is 9.30 Å². The zero-order chi connectivity index (χ0) is 12.4. The molecule has 0 aliphatic carbocycles. The molecule has 0 spiro atoms. The van der Waals surface area contributed by atoms with E-state index in [9.17, 15) is 0 Å². The lowest BCUT2D eigenvalue weighted by Gasteiger charge is -2.23. The molecule has 0 saturated carbocycles. The van der Waals surface area contributed by atoms with Crippen molar-refractivity contribution in [1.82, 2.24) is 19.6 Å². The van der Waals surface area contributed by atoms with Crippen molar-refractivity contribution < 1.29 is 0 Å². The van der Waals surface area contributed by atoms with Crippen molar-refractivity contribution >= 4 is 16.3 Å². The van der Waals surface area contributed by atoms with Gasteiger partial charge in [-0.25, -0.2) is 4.98 Å². The summed E-state index contributed by atoms with van der Waals surface area (Å²) in [6, 6.07) is 0.685. The van der Waals surface area contributed by atoms with Crippen LogP contribution in [0.3, 0.4) is 0 Å². The maximum atomic E-state index is 4.67. The summed E-state index contributed by atoms with van der Waals surface area (Å²) in [5.74, 6) is 0. The van der Waals surface area contributed by atoms with E-state index in [1.807, 2.05) is 0 Å². The second-order valence-corrected chi connectivity index (χ2v) is 5.77. The smallest absolute Gasteiger partial charge is 0.193 e. The lowest BCUT2D eigenvalue weighted by Crippen LogP contribution is -2.37. The van der Waals surface area contributed by atoms with Crippen LogP contribution in [0.25, 0.3) is 4.96 Å². The third-order valence-corrected chi connectivity index (χ3v) is 4.41. The summed E-state index contributed by atoms with van der Waals surface area (Å²) in [4.78, 5) is 8.34. The molecule has 3 rings (SSSR count). The predicted molar refractivity (Wildman–Crippen MR) is 75.0 cm³/mol. The maximum absolute atomic E-state index is 4.67. The van der Waals surface area contributed by atoms with Crippen LogP contribution in [0, 0.1) is 0 Å². The van der Waals surface area contributed by atoms with Gasteiger partial charge in [0.25, 0.3) is 0 Å². The molecule has 2 aromatic rings. The Morgan fingerprint density at radius 2 is 2.50 bits per heavy atom. The molecule has 18 heavy (non-hydrogen) atoms. The second-order valence-electron chi connectivity index (χ2n) is 4.90. The minimum atomic E-state index is 0.685. The number of fused-ring (bicyclic) bond motifs is 1. The van der Waals surface area contributed by atoms with E-state index < -0.39 is 0 Å². The van der Waals surface area contributed by atoms with E-state index in [1.54, 1.807) is 11.3 Å². The molecular weight excluding hydrogens is 244 g/mol. The Labute approximate surface area is 112 Å². The number of likely N-dealkylation sites (N-methyl/N-ethyl adjacent to an activating group) is 1. The van der Waals surface area contributed by atoms with Crippen LogP contribution in [0.5, 0.6) is 0 Å². The molecule has 98 valence electrons. The highest BCUT2D eigenvalue weighted by molar-refractivity contribution is 7.15. The fraction of sp³-hybridized carbons (Fsp3) is 0.615. The number of rotatable bonds is 5. The van der Waals surface area contributed by atoms with Crippen molar-refractivity contribution in [3.05, 3.63) is 23.5 Å².